The second-order valence-corrected chi connectivity index (χ2v) is 8.40. The van der Waals surface area contributed by atoms with Crippen LogP contribution >= 0.6 is 15.9 Å². The summed E-state index contributed by atoms with van der Waals surface area (Å²) in [6.45, 7) is 2.24. The normalized spacial score (nSPS) is 11.2. The fourth-order valence-electron chi connectivity index (χ4n) is 2.17. The minimum absolute atomic E-state index is 0.103. The van der Waals surface area contributed by atoms with Crippen molar-refractivity contribution in [2.75, 3.05) is 19.4 Å². The van der Waals surface area contributed by atoms with Gasteiger partial charge in [0, 0.05) is 23.8 Å². The summed E-state index contributed by atoms with van der Waals surface area (Å²) in [6.07, 6.45) is 0. The Balaban J connectivity index is 2.14. The van der Waals surface area contributed by atoms with Gasteiger partial charge in [0.15, 0.2) is 0 Å². The summed E-state index contributed by atoms with van der Waals surface area (Å²) >= 11 is 3.37. The lowest BCUT2D eigenvalue weighted by atomic mass is 10.2. The minimum Gasteiger partial charge on any atom is -0.323 e. The second kappa shape index (κ2) is 7.99. The molecule has 0 saturated carbocycles. The van der Waals surface area contributed by atoms with Gasteiger partial charge in [-0.3, -0.25) is 0 Å². The minimum atomic E-state index is -3.57. The third-order valence-electron chi connectivity index (χ3n) is 3.71. The van der Waals surface area contributed by atoms with Gasteiger partial charge < -0.3 is 10.2 Å². The van der Waals surface area contributed by atoms with Gasteiger partial charge in [0.05, 0.1) is 4.90 Å². The van der Waals surface area contributed by atoms with Gasteiger partial charge in [-0.2, -0.15) is 0 Å². The average Bonchev–Trinajstić information content (AvgIpc) is 2.58. The number of amides is 2. The molecule has 8 heteroatoms. The van der Waals surface area contributed by atoms with Crippen LogP contribution in [-0.2, 0) is 16.6 Å². The number of hydrogen-bond donors (Lipinski definition) is 2. The maximum absolute atomic E-state index is 12.4. The van der Waals surface area contributed by atoms with Crippen LogP contribution < -0.4 is 10.0 Å². The Hall–Kier alpha value is -1.90. The highest BCUT2D eigenvalue weighted by atomic mass is 79.9. The van der Waals surface area contributed by atoms with E-state index >= 15 is 0 Å². The molecule has 134 valence electrons. The maximum Gasteiger partial charge on any atom is 0.321 e. The number of nitrogens with one attached hydrogen (secondary N) is 2. The molecular formula is C17H20BrN3O3S. The lowest BCUT2D eigenvalue weighted by Gasteiger charge is -2.19. The van der Waals surface area contributed by atoms with Crippen molar-refractivity contribution in [3.63, 3.8) is 0 Å². The number of carbonyl (C=O) groups is 1. The van der Waals surface area contributed by atoms with Crippen molar-refractivity contribution in [3.8, 4) is 0 Å². The third kappa shape index (κ3) is 5.04. The molecule has 0 aliphatic heterocycles. The number of rotatable bonds is 5. The van der Waals surface area contributed by atoms with Crippen molar-refractivity contribution in [2.45, 2.75) is 18.4 Å². The quantitative estimate of drug-likeness (QED) is 0.770. The lowest BCUT2D eigenvalue weighted by molar-refractivity contribution is 0.220. The molecule has 2 N–H and O–H groups in total. The van der Waals surface area contributed by atoms with Crippen LogP contribution in [0, 0.1) is 6.92 Å². The predicted octanol–water partition coefficient (Wildman–Crippen LogP) is 3.33. The van der Waals surface area contributed by atoms with Crippen molar-refractivity contribution in [2.24, 2.45) is 0 Å². The summed E-state index contributed by atoms with van der Waals surface area (Å²) in [5.41, 5.74) is 2.23. The smallest absolute Gasteiger partial charge is 0.321 e. The van der Waals surface area contributed by atoms with E-state index in [1.807, 2.05) is 24.3 Å². The maximum atomic E-state index is 12.4. The number of urea groups is 1. The first-order chi connectivity index (χ1) is 11.7. The summed E-state index contributed by atoms with van der Waals surface area (Å²) < 4.78 is 27.1. The molecule has 2 amide bonds. The van der Waals surface area contributed by atoms with E-state index in [0.717, 1.165) is 15.6 Å². The molecule has 0 heterocycles. The average molecular weight is 426 g/mol. The fourth-order valence-corrected chi connectivity index (χ4v) is 3.19. The van der Waals surface area contributed by atoms with E-state index < -0.39 is 10.0 Å². The topological polar surface area (TPSA) is 78.5 Å². The highest BCUT2D eigenvalue weighted by Crippen LogP contribution is 2.21. The van der Waals surface area contributed by atoms with Crippen LogP contribution in [0.5, 0.6) is 0 Å². The summed E-state index contributed by atoms with van der Waals surface area (Å²) in [4.78, 5) is 14.0. The Morgan fingerprint density at radius 3 is 2.40 bits per heavy atom. The monoisotopic (exact) mass is 425 g/mol. The number of sulfonamides is 1. The van der Waals surface area contributed by atoms with Gasteiger partial charge >= 0.3 is 6.03 Å². The van der Waals surface area contributed by atoms with E-state index in [0.29, 0.717) is 12.2 Å². The van der Waals surface area contributed by atoms with Crippen molar-refractivity contribution in [1.82, 2.24) is 9.62 Å². The van der Waals surface area contributed by atoms with Gasteiger partial charge in [-0.05, 0) is 49.4 Å². The molecule has 2 aromatic rings. The van der Waals surface area contributed by atoms with Gasteiger partial charge in [0.25, 0.3) is 0 Å². The number of halogens is 1. The molecular weight excluding hydrogens is 406 g/mol. The van der Waals surface area contributed by atoms with Crippen LogP contribution in [0.4, 0.5) is 10.5 Å². The van der Waals surface area contributed by atoms with E-state index in [4.69, 9.17) is 0 Å². The molecule has 25 heavy (non-hydrogen) atoms. The van der Waals surface area contributed by atoms with Gasteiger partial charge in [0.1, 0.15) is 0 Å². The van der Waals surface area contributed by atoms with E-state index in [1.165, 1.54) is 24.1 Å². The number of nitrogens with zero attached hydrogens (tertiary/aromatic N) is 1. The molecule has 0 unspecified atom stereocenters. The molecule has 0 radical (unpaired) electrons. The van der Waals surface area contributed by atoms with Gasteiger partial charge in [-0.1, -0.05) is 34.1 Å². The molecule has 6 nitrogen and oxygen atoms in total. The number of benzene rings is 2. The van der Waals surface area contributed by atoms with Crippen LogP contribution in [0.3, 0.4) is 0 Å². The van der Waals surface area contributed by atoms with Crippen LogP contribution in [-0.4, -0.2) is 33.4 Å². The fraction of sp³-hybridized carbons (Fsp3) is 0.235. The lowest BCUT2D eigenvalue weighted by Crippen LogP contribution is -2.31. The van der Waals surface area contributed by atoms with Crippen LogP contribution in [0.2, 0.25) is 0 Å². The zero-order valence-corrected chi connectivity index (χ0v) is 16.6. The Labute approximate surface area is 156 Å². The Bertz CT molecular complexity index is 867. The van der Waals surface area contributed by atoms with Gasteiger partial charge in [-0.15, -0.1) is 0 Å². The number of carbonyl (C=O) groups excluding carboxylic acids is 1. The van der Waals surface area contributed by atoms with Gasteiger partial charge in [0.2, 0.25) is 10.0 Å². The van der Waals surface area contributed by atoms with E-state index in [2.05, 4.69) is 26.0 Å². The van der Waals surface area contributed by atoms with E-state index in [9.17, 15) is 13.2 Å². The largest absolute Gasteiger partial charge is 0.323 e. The van der Waals surface area contributed by atoms with Gasteiger partial charge in [-0.25, -0.2) is 17.9 Å². The summed E-state index contributed by atoms with van der Waals surface area (Å²) in [6, 6.07) is 12.0. The molecule has 0 fully saturated rings. The zero-order valence-electron chi connectivity index (χ0n) is 14.2. The first kappa shape index (κ1) is 19.4. The Morgan fingerprint density at radius 1 is 1.16 bits per heavy atom. The molecule has 2 aromatic carbocycles. The van der Waals surface area contributed by atoms with E-state index in [1.54, 1.807) is 20.0 Å². The highest BCUT2D eigenvalue weighted by Gasteiger charge is 2.15. The third-order valence-corrected chi connectivity index (χ3v) is 5.65. The highest BCUT2D eigenvalue weighted by molar-refractivity contribution is 9.10. The molecule has 0 atom stereocenters. The van der Waals surface area contributed by atoms with Crippen molar-refractivity contribution in [3.05, 3.63) is 58.1 Å². The Kier molecular flexibility index (Phi) is 6.21. The Morgan fingerprint density at radius 2 is 1.80 bits per heavy atom. The molecule has 0 aliphatic rings. The van der Waals surface area contributed by atoms with Crippen LogP contribution in [0.15, 0.2) is 51.8 Å². The molecule has 0 bridgehead atoms. The molecule has 0 saturated heterocycles. The standard InChI is InChI=1S/C17H20BrN3O3S/c1-12-4-9-15(25(23,24)19-2)10-16(12)20-17(22)21(3)11-13-5-7-14(18)8-6-13/h4-10,19H,11H2,1-3H3,(H,20,22). The summed E-state index contributed by atoms with van der Waals surface area (Å²) in [7, 11) is -0.537. The zero-order chi connectivity index (χ0) is 18.6. The molecule has 0 aromatic heterocycles. The molecule has 0 aliphatic carbocycles. The number of aryl methyl sites for hydroxylation is 1. The molecule has 2 rings (SSSR count). The number of hydrogen-bond acceptors (Lipinski definition) is 3. The summed E-state index contributed by atoms with van der Waals surface area (Å²) in [5.74, 6) is 0. The van der Waals surface area contributed by atoms with Crippen molar-refractivity contribution in [1.29, 1.82) is 0 Å². The van der Waals surface area contributed by atoms with Crippen molar-refractivity contribution >= 4 is 37.7 Å². The van der Waals surface area contributed by atoms with E-state index in [-0.39, 0.29) is 10.9 Å². The van der Waals surface area contributed by atoms with Crippen LogP contribution in [0.1, 0.15) is 11.1 Å². The van der Waals surface area contributed by atoms with Crippen LogP contribution in [0.25, 0.3) is 0 Å². The predicted molar refractivity (Wildman–Crippen MR) is 102 cm³/mol. The first-order valence-corrected chi connectivity index (χ1v) is 9.81. The second-order valence-electron chi connectivity index (χ2n) is 5.60. The van der Waals surface area contributed by atoms with Crippen molar-refractivity contribution < 1.29 is 13.2 Å². The summed E-state index contributed by atoms with van der Waals surface area (Å²) in [5, 5.41) is 2.76. The SMILES string of the molecule is CNS(=O)(=O)c1ccc(C)c(NC(=O)N(C)Cc2ccc(Br)cc2)c1. The molecule has 0 spiro atoms. The number of anilines is 1. The first-order valence-electron chi connectivity index (χ1n) is 7.53.